The predicted octanol–water partition coefficient (Wildman–Crippen LogP) is 4.00. The first-order chi connectivity index (χ1) is 9.60. The van der Waals surface area contributed by atoms with Crippen LogP contribution in [0.2, 0.25) is 5.02 Å². The minimum Gasteiger partial charge on any atom is -0.463 e. The maximum absolute atomic E-state index is 11.3. The molecule has 1 atom stereocenters. The lowest BCUT2D eigenvalue weighted by molar-refractivity contribution is 0.0350. The van der Waals surface area contributed by atoms with Crippen LogP contribution in [0.4, 0.5) is 0 Å². The first-order valence-electron chi connectivity index (χ1n) is 6.14. The van der Waals surface area contributed by atoms with Gasteiger partial charge >= 0.3 is 5.97 Å². The van der Waals surface area contributed by atoms with E-state index in [-0.39, 0.29) is 11.9 Å². The molecule has 4 nitrogen and oxygen atoms in total. The highest BCUT2D eigenvalue weighted by Crippen LogP contribution is 2.22. The Bertz CT molecular complexity index is 574. The first-order valence-corrected chi connectivity index (χ1v) is 6.52. The zero-order valence-electron chi connectivity index (χ0n) is 11.3. The number of esters is 1. The van der Waals surface area contributed by atoms with Crippen LogP contribution in [0.25, 0.3) is 0 Å². The van der Waals surface area contributed by atoms with Crippen molar-refractivity contribution < 1.29 is 18.7 Å². The minimum atomic E-state index is -0.499. The van der Waals surface area contributed by atoms with Gasteiger partial charge in [-0.2, -0.15) is 0 Å². The van der Waals surface area contributed by atoms with Crippen LogP contribution in [0.1, 0.15) is 34.9 Å². The lowest BCUT2D eigenvalue weighted by atomic mass is 10.2. The largest absolute Gasteiger partial charge is 0.463 e. The van der Waals surface area contributed by atoms with Crippen LogP contribution in [0.5, 0.6) is 0 Å². The Morgan fingerprint density at radius 3 is 2.60 bits per heavy atom. The smallest absolute Gasteiger partial charge is 0.373 e. The normalized spacial score (nSPS) is 12.2. The van der Waals surface area contributed by atoms with Gasteiger partial charge in [0.05, 0.1) is 13.7 Å². The number of hydrogen-bond acceptors (Lipinski definition) is 4. The van der Waals surface area contributed by atoms with Gasteiger partial charge in [0.25, 0.3) is 0 Å². The molecule has 0 N–H and O–H groups in total. The van der Waals surface area contributed by atoms with Crippen LogP contribution in [0.15, 0.2) is 40.8 Å². The van der Waals surface area contributed by atoms with E-state index in [0.29, 0.717) is 17.4 Å². The van der Waals surface area contributed by atoms with Crippen LogP contribution in [-0.4, -0.2) is 13.1 Å². The summed E-state index contributed by atoms with van der Waals surface area (Å²) in [6.45, 7) is 2.29. The highest BCUT2D eigenvalue weighted by atomic mass is 35.5. The van der Waals surface area contributed by atoms with Crippen LogP contribution >= 0.6 is 11.6 Å². The third-order valence-electron chi connectivity index (χ3n) is 2.83. The molecule has 0 bridgehead atoms. The van der Waals surface area contributed by atoms with Crippen molar-refractivity contribution in [1.29, 1.82) is 0 Å². The molecule has 2 rings (SSSR count). The second-order valence-corrected chi connectivity index (χ2v) is 4.71. The van der Waals surface area contributed by atoms with Crippen molar-refractivity contribution in [1.82, 2.24) is 0 Å². The Morgan fingerprint density at radius 1 is 1.25 bits per heavy atom. The van der Waals surface area contributed by atoms with Crippen LogP contribution in [-0.2, 0) is 16.1 Å². The summed E-state index contributed by atoms with van der Waals surface area (Å²) >= 11 is 5.82. The Morgan fingerprint density at radius 2 is 1.95 bits per heavy atom. The summed E-state index contributed by atoms with van der Waals surface area (Å²) in [5.74, 6) is 0.255. The van der Waals surface area contributed by atoms with E-state index >= 15 is 0 Å². The Kier molecular flexibility index (Phi) is 4.82. The topological polar surface area (TPSA) is 48.7 Å². The van der Waals surface area contributed by atoms with E-state index in [9.17, 15) is 4.79 Å². The molecule has 1 heterocycles. The Balaban J connectivity index is 1.94. The Hall–Kier alpha value is -1.78. The maximum Gasteiger partial charge on any atom is 0.373 e. The van der Waals surface area contributed by atoms with Crippen molar-refractivity contribution in [2.75, 3.05) is 7.11 Å². The second kappa shape index (κ2) is 6.59. The van der Waals surface area contributed by atoms with Crippen molar-refractivity contribution in [3.63, 3.8) is 0 Å². The van der Waals surface area contributed by atoms with Gasteiger partial charge in [0, 0.05) is 5.02 Å². The molecule has 20 heavy (non-hydrogen) atoms. The highest BCUT2D eigenvalue weighted by Gasteiger charge is 2.15. The molecule has 0 aliphatic carbocycles. The van der Waals surface area contributed by atoms with E-state index in [4.69, 9.17) is 20.8 Å². The van der Waals surface area contributed by atoms with E-state index < -0.39 is 5.97 Å². The number of hydrogen-bond donors (Lipinski definition) is 0. The molecule has 0 radical (unpaired) electrons. The molecule has 2 aromatic rings. The van der Waals surface area contributed by atoms with Crippen LogP contribution < -0.4 is 0 Å². The molecule has 0 spiro atoms. The van der Waals surface area contributed by atoms with Crippen molar-refractivity contribution in [2.24, 2.45) is 0 Å². The summed E-state index contributed by atoms with van der Waals surface area (Å²) < 4.78 is 15.7. The average Bonchev–Trinajstić information content (AvgIpc) is 2.95. The highest BCUT2D eigenvalue weighted by molar-refractivity contribution is 6.30. The second-order valence-electron chi connectivity index (χ2n) is 4.27. The molecule has 1 unspecified atom stereocenters. The summed E-state index contributed by atoms with van der Waals surface area (Å²) in [7, 11) is 1.31. The minimum absolute atomic E-state index is 0.171. The summed E-state index contributed by atoms with van der Waals surface area (Å²) in [5, 5.41) is 0.690. The molecular weight excluding hydrogens is 280 g/mol. The first kappa shape index (κ1) is 14.6. The van der Waals surface area contributed by atoms with Crippen molar-refractivity contribution in [3.05, 3.63) is 58.5 Å². The van der Waals surface area contributed by atoms with Crippen LogP contribution in [0, 0.1) is 0 Å². The Labute approximate surface area is 122 Å². The molecule has 1 aromatic carbocycles. The van der Waals surface area contributed by atoms with Gasteiger partial charge in [0.15, 0.2) is 0 Å². The average molecular weight is 295 g/mol. The number of halogens is 1. The number of carbonyl (C=O) groups is 1. The van der Waals surface area contributed by atoms with Gasteiger partial charge in [-0.3, -0.25) is 0 Å². The predicted molar refractivity (Wildman–Crippen MR) is 74.7 cm³/mol. The summed E-state index contributed by atoms with van der Waals surface area (Å²) in [6, 6.07) is 10.7. The van der Waals surface area contributed by atoms with E-state index in [1.807, 2.05) is 31.2 Å². The van der Waals surface area contributed by atoms with E-state index in [0.717, 1.165) is 5.56 Å². The number of methoxy groups -OCH3 is 1. The van der Waals surface area contributed by atoms with Gasteiger partial charge in [0.1, 0.15) is 11.9 Å². The van der Waals surface area contributed by atoms with E-state index in [1.165, 1.54) is 7.11 Å². The molecular formula is C15H15ClO4. The monoisotopic (exact) mass is 294 g/mol. The third-order valence-corrected chi connectivity index (χ3v) is 3.08. The number of rotatable bonds is 5. The molecule has 0 saturated heterocycles. The van der Waals surface area contributed by atoms with Crippen molar-refractivity contribution >= 4 is 17.6 Å². The SMILES string of the molecule is COC(=O)c1ccc(C(C)OCc2ccc(Cl)cc2)o1. The van der Waals surface area contributed by atoms with Crippen molar-refractivity contribution in [2.45, 2.75) is 19.6 Å². The molecule has 0 amide bonds. The summed E-state index contributed by atoms with van der Waals surface area (Å²) in [4.78, 5) is 11.3. The van der Waals surface area contributed by atoms with Crippen LogP contribution in [0.3, 0.4) is 0 Å². The van der Waals surface area contributed by atoms with Gasteiger partial charge in [-0.15, -0.1) is 0 Å². The summed E-state index contributed by atoms with van der Waals surface area (Å²) in [5.41, 5.74) is 1.01. The van der Waals surface area contributed by atoms with Gasteiger partial charge in [-0.1, -0.05) is 23.7 Å². The quantitative estimate of drug-likeness (QED) is 0.782. The summed E-state index contributed by atoms with van der Waals surface area (Å²) in [6.07, 6.45) is -0.260. The zero-order chi connectivity index (χ0) is 14.5. The lowest BCUT2D eigenvalue weighted by Gasteiger charge is -2.10. The van der Waals surface area contributed by atoms with E-state index in [2.05, 4.69) is 4.74 Å². The molecule has 0 aliphatic heterocycles. The standard InChI is InChI=1S/C15H15ClO4/c1-10(13-7-8-14(20-13)15(17)18-2)19-9-11-3-5-12(16)6-4-11/h3-8,10H,9H2,1-2H3. The molecule has 0 saturated carbocycles. The zero-order valence-corrected chi connectivity index (χ0v) is 12.0. The van der Waals surface area contributed by atoms with Gasteiger partial charge in [-0.05, 0) is 36.8 Å². The lowest BCUT2D eigenvalue weighted by Crippen LogP contribution is -2.01. The fraction of sp³-hybridized carbons (Fsp3) is 0.267. The van der Waals surface area contributed by atoms with Gasteiger partial charge in [0.2, 0.25) is 5.76 Å². The fourth-order valence-corrected chi connectivity index (χ4v) is 1.79. The molecule has 0 aliphatic rings. The van der Waals surface area contributed by atoms with Gasteiger partial charge in [-0.25, -0.2) is 4.79 Å². The molecule has 1 aromatic heterocycles. The number of benzene rings is 1. The molecule has 5 heteroatoms. The fourth-order valence-electron chi connectivity index (χ4n) is 1.67. The van der Waals surface area contributed by atoms with E-state index in [1.54, 1.807) is 12.1 Å². The number of ether oxygens (including phenoxy) is 2. The molecule has 106 valence electrons. The maximum atomic E-state index is 11.3. The van der Waals surface area contributed by atoms with Gasteiger partial charge < -0.3 is 13.9 Å². The van der Waals surface area contributed by atoms with Crippen molar-refractivity contribution in [3.8, 4) is 0 Å². The third kappa shape index (κ3) is 3.62. The number of carbonyl (C=O) groups excluding carboxylic acids is 1. The number of furan rings is 1. The molecule has 0 fully saturated rings.